The van der Waals surface area contributed by atoms with Crippen molar-refractivity contribution < 1.29 is 29.6 Å². The van der Waals surface area contributed by atoms with Crippen molar-refractivity contribution in [2.75, 3.05) is 13.2 Å². The molecule has 0 aromatic heterocycles. The molecule has 6 heteroatoms. The lowest BCUT2D eigenvalue weighted by molar-refractivity contribution is -0.230. The second kappa shape index (κ2) is 8.78. The van der Waals surface area contributed by atoms with Gasteiger partial charge in [0.05, 0.1) is 0 Å². The van der Waals surface area contributed by atoms with Crippen LogP contribution in [-0.2, 0) is 11.3 Å². The Labute approximate surface area is 152 Å². The number of carbonyl (C=O) groups is 2. The van der Waals surface area contributed by atoms with Crippen molar-refractivity contribution in [2.24, 2.45) is 0 Å². The number of hydrogen-bond acceptors (Lipinski definition) is 6. The van der Waals surface area contributed by atoms with Crippen molar-refractivity contribution in [1.82, 2.24) is 0 Å². The summed E-state index contributed by atoms with van der Waals surface area (Å²) in [5.74, 6) is -0.874. The van der Waals surface area contributed by atoms with Gasteiger partial charge in [-0.3, -0.25) is 14.8 Å². The van der Waals surface area contributed by atoms with Crippen molar-refractivity contribution >= 4 is 11.6 Å². The van der Waals surface area contributed by atoms with Crippen LogP contribution in [0.15, 0.2) is 29.4 Å². The lowest BCUT2D eigenvalue weighted by Crippen LogP contribution is -2.11. The molecule has 1 aliphatic rings. The Morgan fingerprint density at radius 2 is 2.04 bits per heavy atom. The SMILES string of the molecule is CC(C)=CCC/C(C)=C/Cc1c(C(=O)COO)cc2c(c1O)C(=O)CO2. The van der Waals surface area contributed by atoms with Crippen LogP contribution >= 0.6 is 0 Å². The van der Waals surface area contributed by atoms with E-state index in [0.717, 1.165) is 18.4 Å². The molecule has 0 atom stereocenters. The molecule has 0 saturated carbocycles. The van der Waals surface area contributed by atoms with E-state index in [1.54, 1.807) is 0 Å². The van der Waals surface area contributed by atoms with Crippen LogP contribution in [0, 0.1) is 0 Å². The number of Topliss-reactive ketones (excluding diaryl/α,β-unsaturated/α-hetero) is 2. The largest absolute Gasteiger partial charge is 0.507 e. The number of ether oxygens (including phenoxy) is 1. The monoisotopic (exact) mass is 360 g/mol. The number of phenolic OH excluding ortho intramolecular Hbond substituents is 1. The van der Waals surface area contributed by atoms with Gasteiger partial charge < -0.3 is 9.84 Å². The minimum absolute atomic E-state index is 0.108. The Kier molecular flexibility index (Phi) is 6.71. The average Bonchev–Trinajstić information content (AvgIpc) is 2.95. The fourth-order valence-corrected chi connectivity index (χ4v) is 2.84. The zero-order valence-corrected chi connectivity index (χ0v) is 15.3. The summed E-state index contributed by atoms with van der Waals surface area (Å²) < 4.78 is 5.23. The van der Waals surface area contributed by atoms with Crippen molar-refractivity contribution in [2.45, 2.75) is 40.0 Å². The standard InChI is InChI=1S/C20H24O6/c1-12(2)5-4-6-13(3)7-8-14-15(16(21)11-26-24)9-18-19(20(14)23)17(22)10-25-18/h5,7,9,23-24H,4,6,8,10-11H2,1-3H3/b13-7+. The van der Waals surface area contributed by atoms with Gasteiger partial charge in [-0.1, -0.05) is 23.3 Å². The summed E-state index contributed by atoms with van der Waals surface area (Å²) in [5.41, 5.74) is 2.99. The molecule has 0 unspecified atom stereocenters. The van der Waals surface area contributed by atoms with Gasteiger partial charge in [0.25, 0.3) is 0 Å². The third kappa shape index (κ3) is 4.59. The van der Waals surface area contributed by atoms with E-state index in [-0.39, 0.29) is 35.0 Å². The Morgan fingerprint density at radius 1 is 1.31 bits per heavy atom. The third-order valence-corrected chi connectivity index (χ3v) is 4.25. The predicted octanol–water partition coefficient (Wildman–Crippen LogP) is 3.87. The number of rotatable bonds is 8. The summed E-state index contributed by atoms with van der Waals surface area (Å²) in [7, 11) is 0. The van der Waals surface area contributed by atoms with Gasteiger partial charge in [0.15, 0.2) is 12.4 Å². The van der Waals surface area contributed by atoms with Gasteiger partial charge in [-0.15, -0.1) is 0 Å². The fraction of sp³-hybridized carbons (Fsp3) is 0.400. The van der Waals surface area contributed by atoms with Gasteiger partial charge in [0, 0.05) is 11.1 Å². The van der Waals surface area contributed by atoms with Crippen molar-refractivity contribution in [3.8, 4) is 11.5 Å². The summed E-state index contributed by atoms with van der Waals surface area (Å²) in [6, 6.07) is 1.43. The minimum atomic E-state index is -0.539. The zero-order valence-electron chi connectivity index (χ0n) is 15.3. The molecule has 1 aromatic carbocycles. The van der Waals surface area contributed by atoms with Crippen LogP contribution in [0.3, 0.4) is 0 Å². The number of carbonyl (C=O) groups excluding carboxylic acids is 2. The van der Waals surface area contributed by atoms with Crippen molar-refractivity contribution in [1.29, 1.82) is 0 Å². The molecule has 2 rings (SSSR count). The molecular formula is C20H24O6. The molecule has 0 amide bonds. The summed E-state index contributed by atoms with van der Waals surface area (Å²) >= 11 is 0. The number of allylic oxidation sites excluding steroid dienone is 4. The van der Waals surface area contributed by atoms with Crippen LogP contribution in [0.25, 0.3) is 0 Å². The van der Waals surface area contributed by atoms with E-state index in [0.29, 0.717) is 12.0 Å². The molecule has 0 bridgehead atoms. The number of benzene rings is 1. The minimum Gasteiger partial charge on any atom is -0.507 e. The average molecular weight is 360 g/mol. The molecule has 1 heterocycles. The highest BCUT2D eigenvalue weighted by atomic mass is 17.1. The quantitative estimate of drug-likeness (QED) is 0.316. The lowest BCUT2D eigenvalue weighted by Gasteiger charge is -2.12. The first-order chi connectivity index (χ1) is 12.3. The molecule has 26 heavy (non-hydrogen) atoms. The highest BCUT2D eigenvalue weighted by Gasteiger charge is 2.30. The first kappa shape index (κ1) is 19.9. The van der Waals surface area contributed by atoms with Gasteiger partial charge in [0.1, 0.15) is 23.7 Å². The fourth-order valence-electron chi connectivity index (χ4n) is 2.84. The molecule has 1 aromatic rings. The first-order valence-electron chi connectivity index (χ1n) is 8.48. The van der Waals surface area contributed by atoms with Crippen LogP contribution in [0.4, 0.5) is 0 Å². The smallest absolute Gasteiger partial charge is 0.207 e. The predicted molar refractivity (Wildman–Crippen MR) is 97.0 cm³/mol. The summed E-state index contributed by atoms with van der Waals surface area (Å²) in [4.78, 5) is 28.1. The zero-order chi connectivity index (χ0) is 19.3. The van der Waals surface area contributed by atoms with Gasteiger partial charge in [-0.2, -0.15) is 0 Å². The lowest BCUT2D eigenvalue weighted by atomic mass is 9.94. The van der Waals surface area contributed by atoms with E-state index >= 15 is 0 Å². The molecule has 1 aliphatic heterocycles. The molecule has 6 nitrogen and oxygen atoms in total. The maximum atomic E-state index is 12.2. The second-order valence-corrected chi connectivity index (χ2v) is 6.61. The number of hydrogen-bond donors (Lipinski definition) is 2. The number of ketones is 2. The molecule has 140 valence electrons. The Balaban J connectivity index is 2.33. The van der Waals surface area contributed by atoms with E-state index in [1.165, 1.54) is 11.6 Å². The van der Waals surface area contributed by atoms with Gasteiger partial charge >= 0.3 is 0 Å². The van der Waals surface area contributed by atoms with E-state index < -0.39 is 12.4 Å². The number of aromatic hydroxyl groups is 1. The molecular weight excluding hydrogens is 336 g/mol. The number of fused-ring (bicyclic) bond motifs is 1. The van der Waals surface area contributed by atoms with Crippen LogP contribution in [0.2, 0.25) is 0 Å². The maximum Gasteiger partial charge on any atom is 0.207 e. The summed E-state index contributed by atoms with van der Waals surface area (Å²) in [6.07, 6.45) is 6.14. The molecule has 0 fully saturated rings. The Morgan fingerprint density at radius 3 is 2.69 bits per heavy atom. The van der Waals surface area contributed by atoms with Crippen LogP contribution in [-0.4, -0.2) is 35.1 Å². The highest BCUT2D eigenvalue weighted by Crippen LogP contribution is 2.38. The van der Waals surface area contributed by atoms with Gasteiger partial charge in [-0.05, 0) is 46.1 Å². The van der Waals surface area contributed by atoms with E-state index in [9.17, 15) is 14.7 Å². The maximum absolute atomic E-state index is 12.2. The van der Waals surface area contributed by atoms with Crippen molar-refractivity contribution in [3.05, 3.63) is 46.1 Å². The molecule has 0 saturated heterocycles. The van der Waals surface area contributed by atoms with Gasteiger partial charge in [0.2, 0.25) is 5.78 Å². The molecule has 0 aliphatic carbocycles. The van der Waals surface area contributed by atoms with Crippen LogP contribution in [0.1, 0.15) is 59.9 Å². The van der Waals surface area contributed by atoms with Gasteiger partial charge in [-0.25, -0.2) is 4.89 Å². The van der Waals surface area contributed by atoms with Crippen LogP contribution in [0.5, 0.6) is 11.5 Å². The molecule has 0 spiro atoms. The Bertz CT molecular complexity index is 769. The number of phenols is 1. The van der Waals surface area contributed by atoms with E-state index in [2.05, 4.69) is 11.0 Å². The van der Waals surface area contributed by atoms with E-state index in [1.807, 2.05) is 26.8 Å². The first-order valence-corrected chi connectivity index (χ1v) is 8.48. The molecule has 2 N–H and O–H groups in total. The summed E-state index contributed by atoms with van der Waals surface area (Å²) in [6.45, 7) is 5.37. The third-order valence-electron chi connectivity index (χ3n) is 4.25. The highest BCUT2D eigenvalue weighted by molar-refractivity contribution is 6.08. The van der Waals surface area contributed by atoms with Crippen LogP contribution < -0.4 is 4.74 Å². The van der Waals surface area contributed by atoms with E-state index in [4.69, 9.17) is 9.99 Å². The Hall–Kier alpha value is -2.44. The molecule has 0 radical (unpaired) electrons. The summed E-state index contributed by atoms with van der Waals surface area (Å²) in [5, 5.41) is 19.1. The second-order valence-electron chi connectivity index (χ2n) is 6.61. The topological polar surface area (TPSA) is 93.1 Å². The van der Waals surface area contributed by atoms with Crippen molar-refractivity contribution in [3.63, 3.8) is 0 Å². The normalized spacial score (nSPS) is 13.4.